The molecule has 2 aromatic heterocycles. The number of likely N-dealkylation sites (N-methyl/N-ethyl adjacent to an activating group) is 1. The third kappa shape index (κ3) is 4.60. The molecule has 0 bridgehead atoms. The Hall–Kier alpha value is -2.84. The zero-order valence-electron chi connectivity index (χ0n) is 16.2. The zero-order chi connectivity index (χ0) is 20.2. The summed E-state index contributed by atoms with van der Waals surface area (Å²) in [6.07, 6.45) is 3.18. The van der Waals surface area contributed by atoms with E-state index in [1.165, 1.54) is 12.1 Å². The van der Waals surface area contributed by atoms with Crippen molar-refractivity contribution in [1.82, 2.24) is 14.9 Å². The first-order valence-electron chi connectivity index (χ1n) is 9.45. The van der Waals surface area contributed by atoms with Gasteiger partial charge in [0.25, 0.3) is 5.91 Å². The molecule has 0 aliphatic carbocycles. The molecule has 29 heavy (non-hydrogen) atoms. The summed E-state index contributed by atoms with van der Waals surface area (Å²) < 4.78 is 13.4. The number of anilines is 2. The van der Waals surface area contributed by atoms with Crippen LogP contribution in [0.5, 0.6) is 0 Å². The van der Waals surface area contributed by atoms with Gasteiger partial charge in [-0.05, 0) is 43.4 Å². The minimum atomic E-state index is -0.337. The molecule has 0 radical (unpaired) electrons. The molecular formula is C21H22FN5OS. The molecule has 4 rings (SSSR count). The average molecular weight is 412 g/mol. The number of thiazole rings is 1. The number of amides is 1. The van der Waals surface area contributed by atoms with Crippen molar-refractivity contribution in [1.29, 1.82) is 0 Å². The second-order valence-corrected chi connectivity index (χ2v) is 7.85. The first-order valence-corrected chi connectivity index (χ1v) is 10.3. The van der Waals surface area contributed by atoms with Gasteiger partial charge >= 0.3 is 0 Å². The summed E-state index contributed by atoms with van der Waals surface area (Å²) >= 11 is 1.59. The van der Waals surface area contributed by atoms with E-state index < -0.39 is 0 Å². The Bertz CT molecular complexity index is 955. The van der Waals surface area contributed by atoms with Crippen molar-refractivity contribution in [2.45, 2.75) is 6.54 Å². The Kier molecular flexibility index (Phi) is 5.82. The highest BCUT2D eigenvalue weighted by Gasteiger charge is 2.21. The third-order valence-electron chi connectivity index (χ3n) is 4.94. The molecule has 1 amide bonds. The van der Waals surface area contributed by atoms with Gasteiger partial charge in [0.05, 0.1) is 12.2 Å². The summed E-state index contributed by atoms with van der Waals surface area (Å²) in [4.78, 5) is 28.1. The molecule has 0 unspecified atom stereocenters. The normalized spacial score (nSPS) is 14.8. The first kappa shape index (κ1) is 19.5. The van der Waals surface area contributed by atoms with Crippen LogP contribution in [0.15, 0.2) is 54.2 Å². The Balaban J connectivity index is 1.57. The van der Waals surface area contributed by atoms with E-state index in [1.807, 2.05) is 5.38 Å². The number of carbonyl (C=O) groups excluding carboxylic acids is 1. The summed E-state index contributed by atoms with van der Waals surface area (Å²) in [5, 5.41) is 2.97. The number of carbonyl (C=O) groups is 1. The van der Waals surface area contributed by atoms with Crippen molar-refractivity contribution in [3.63, 3.8) is 0 Å². The number of hydrogen-bond donors (Lipinski definition) is 0. The lowest BCUT2D eigenvalue weighted by Gasteiger charge is -2.32. The van der Waals surface area contributed by atoms with Crippen LogP contribution >= 0.6 is 11.3 Å². The number of pyridine rings is 1. The van der Waals surface area contributed by atoms with Crippen LogP contribution in [0.25, 0.3) is 0 Å². The van der Waals surface area contributed by atoms with Crippen molar-refractivity contribution in [3.05, 3.63) is 71.2 Å². The largest absolute Gasteiger partial charge is 0.346 e. The third-order valence-corrected chi connectivity index (χ3v) is 5.89. The van der Waals surface area contributed by atoms with E-state index in [1.54, 1.807) is 52.9 Å². The van der Waals surface area contributed by atoms with Crippen molar-refractivity contribution in [2.24, 2.45) is 0 Å². The fraction of sp³-hybridized carbons (Fsp3) is 0.286. The standard InChI is InChI=1S/C21H22FN5OS/c1-25-10-12-26(13-11-25)21-24-18(15-29-21)14-27(19-4-2-17(22)3-5-19)20(28)16-6-8-23-9-7-16/h2-9,15H,10-14H2,1H3. The molecule has 1 aliphatic rings. The van der Waals surface area contributed by atoms with Crippen LogP contribution in [0, 0.1) is 5.82 Å². The van der Waals surface area contributed by atoms with Crippen molar-refractivity contribution < 1.29 is 9.18 Å². The maximum Gasteiger partial charge on any atom is 0.258 e. The van der Waals surface area contributed by atoms with Crippen molar-refractivity contribution in [3.8, 4) is 0 Å². The van der Waals surface area contributed by atoms with Crippen molar-refractivity contribution in [2.75, 3.05) is 43.0 Å². The molecule has 0 N–H and O–H groups in total. The van der Waals surface area contributed by atoms with Gasteiger partial charge in [0.1, 0.15) is 5.82 Å². The van der Waals surface area contributed by atoms with Crippen LogP contribution in [0.2, 0.25) is 0 Å². The lowest BCUT2D eigenvalue weighted by atomic mass is 10.2. The maximum absolute atomic E-state index is 13.4. The van der Waals surface area contributed by atoms with Crippen LogP contribution in [-0.2, 0) is 6.54 Å². The molecule has 1 aromatic carbocycles. The number of piperazine rings is 1. The smallest absolute Gasteiger partial charge is 0.258 e. The molecule has 150 valence electrons. The molecule has 3 heterocycles. The molecule has 1 aliphatic heterocycles. The molecule has 8 heteroatoms. The van der Waals surface area contributed by atoms with Crippen molar-refractivity contribution >= 4 is 28.1 Å². The van der Waals surface area contributed by atoms with Gasteiger partial charge < -0.3 is 14.7 Å². The van der Waals surface area contributed by atoms with E-state index in [4.69, 9.17) is 4.98 Å². The number of halogens is 1. The number of rotatable bonds is 5. The number of aromatic nitrogens is 2. The minimum absolute atomic E-state index is 0.173. The SMILES string of the molecule is CN1CCN(c2nc(CN(C(=O)c3ccncc3)c3ccc(F)cc3)cs2)CC1. The lowest BCUT2D eigenvalue weighted by Crippen LogP contribution is -2.44. The highest BCUT2D eigenvalue weighted by atomic mass is 32.1. The number of hydrogen-bond acceptors (Lipinski definition) is 6. The maximum atomic E-state index is 13.4. The second-order valence-electron chi connectivity index (χ2n) is 7.02. The van der Waals surface area contributed by atoms with Gasteiger partial charge in [0.15, 0.2) is 5.13 Å². The minimum Gasteiger partial charge on any atom is -0.346 e. The van der Waals surface area contributed by atoms with Crippen LogP contribution in [0.1, 0.15) is 16.1 Å². The predicted octanol–water partition coefficient (Wildman–Crippen LogP) is 3.28. The Morgan fingerprint density at radius 3 is 2.48 bits per heavy atom. The van der Waals surface area contributed by atoms with Gasteiger partial charge in [-0.3, -0.25) is 9.78 Å². The highest BCUT2D eigenvalue weighted by Crippen LogP contribution is 2.25. The van der Waals surface area contributed by atoms with Crippen LogP contribution in [0.4, 0.5) is 15.2 Å². The van der Waals surface area contributed by atoms with Gasteiger partial charge in [0.2, 0.25) is 0 Å². The van der Waals surface area contributed by atoms with E-state index >= 15 is 0 Å². The van der Waals surface area contributed by atoms with Gasteiger partial charge in [-0.2, -0.15) is 0 Å². The molecule has 6 nitrogen and oxygen atoms in total. The zero-order valence-corrected chi connectivity index (χ0v) is 17.0. The highest BCUT2D eigenvalue weighted by molar-refractivity contribution is 7.13. The van der Waals surface area contributed by atoms with Crippen LogP contribution < -0.4 is 9.80 Å². The number of nitrogens with zero attached hydrogens (tertiary/aromatic N) is 5. The van der Waals surface area contributed by atoms with Gasteiger partial charge in [-0.25, -0.2) is 9.37 Å². The first-order chi connectivity index (χ1) is 14.1. The van der Waals surface area contributed by atoms with Gasteiger partial charge in [-0.1, -0.05) is 0 Å². The van der Waals surface area contributed by atoms with Gasteiger partial charge in [0, 0.05) is 55.2 Å². The van der Waals surface area contributed by atoms with Crippen LogP contribution in [0.3, 0.4) is 0 Å². The molecule has 1 saturated heterocycles. The van der Waals surface area contributed by atoms with E-state index in [0.717, 1.165) is 37.0 Å². The fourth-order valence-corrected chi connectivity index (χ4v) is 4.10. The fourth-order valence-electron chi connectivity index (χ4n) is 3.23. The van der Waals surface area contributed by atoms with Crippen LogP contribution in [-0.4, -0.2) is 54.0 Å². The summed E-state index contributed by atoms with van der Waals surface area (Å²) in [6, 6.07) is 9.30. The molecule has 0 spiro atoms. The summed E-state index contributed by atoms with van der Waals surface area (Å²) in [5.74, 6) is -0.510. The Morgan fingerprint density at radius 2 is 1.79 bits per heavy atom. The monoisotopic (exact) mass is 411 g/mol. The topological polar surface area (TPSA) is 52.6 Å². The van der Waals surface area contributed by atoms with Gasteiger partial charge in [-0.15, -0.1) is 11.3 Å². The average Bonchev–Trinajstić information content (AvgIpc) is 3.22. The molecule has 3 aromatic rings. The molecular weight excluding hydrogens is 389 g/mol. The quantitative estimate of drug-likeness (QED) is 0.645. The Morgan fingerprint density at radius 1 is 1.10 bits per heavy atom. The molecule has 0 atom stereocenters. The summed E-state index contributed by atoms with van der Waals surface area (Å²) in [5.41, 5.74) is 1.97. The molecule has 1 fully saturated rings. The van der Waals surface area contributed by atoms with E-state index in [-0.39, 0.29) is 11.7 Å². The second kappa shape index (κ2) is 8.67. The Labute approximate surface area is 173 Å². The molecule has 0 saturated carbocycles. The number of benzene rings is 1. The van der Waals surface area contributed by atoms with E-state index in [0.29, 0.717) is 17.8 Å². The summed E-state index contributed by atoms with van der Waals surface area (Å²) in [7, 11) is 2.12. The van der Waals surface area contributed by atoms with E-state index in [2.05, 4.69) is 21.8 Å². The van der Waals surface area contributed by atoms with E-state index in [9.17, 15) is 9.18 Å². The lowest BCUT2D eigenvalue weighted by molar-refractivity contribution is 0.0984. The predicted molar refractivity (Wildman–Crippen MR) is 113 cm³/mol. The summed E-state index contributed by atoms with van der Waals surface area (Å²) in [6.45, 7) is 4.23.